The number of carboxylic acids is 1. The van der Waals surface area contributed by atoms with Crippen molar-refractivity contribution < 1.29 is 14.7 Å². The molecule has 5 heteroatoms. The quantitative estimate of drug-likeness (QED) is 0.507. The highest BCUT2D eigenvalue weighted by atomic mass is 79.9. The fourth-order valence-electron chi connectivity index (χ4n) is 1.10. The Hall–Kier alpha value is -0.580. The van der Waals surface area contributed by atoms with Crippen LogP contribution in [0.15, 0.2) is 0 Å². The zero-order valence-electron chi connectivity index (χ0n) is 10.6. The zero-order chi connectivity index (χ0) is 13.5. The highest BCUT2D eigenvalue weighted by Gasteiger charge is 1.93. The molecule has 0 bridgehead atoms. The van der Waals surface area contributed by atoms with Crippen molar-refractivity contribution >= 4 is 27.8 Å². The summed E-state index contributed by atoms with van der Waals surface area (Å²) in [5, 5.41) is 9.16. The first-order valence-corrected chi connectivity index (χ1v) is 7.22. The number of aliphatic carboxylic acids is 1. The number of alkyl halides is 1. The molecule has 0 aliphatic rings. The summed E-state index contributed by atoms with van der Waals surface area (Å²) in [5.41, 5.74) is 4.92. The second-order valence-electron chi connectivity index (χ2n) is 3.82. The van der Waals surface area contributed by atoms with Crippen LogP contribution in [0.2, 0.25) is 0 Å². The molecule has 17 heavy (non-hydrogen) atoms. The Morgan fingerprint density at radius 1 is 1.06 bits per heavy atom. The van der Waals surface area contributed by atoms with Crippen LogP contribution in [0.3, 0.4) is 0 Å². The van der Waals surface area contributed by atoms with Crippen molar-refractivity contribution in [3.05, 3.63) is 0 Å². The Morgan fingerprint density at radius 2 is 1.65 bits per heavy atom. The Kier molecular flexibility index (Phi) is 17.0. The van der Waals surface area contributed by atoms with Crippen molar-refractivity contribution in [3.8, 4) is 0 Å². The number of amides is 1. The Morgan fingerprint density at radius 3 is 2.06 bits per heavy atom. The van der Waals surface area contributed by atoms with E-state index in [1.807, 2.05) is 0 Å². The van der Waals surface area contributed by atoms with Crippen LogP contribution < -0.4 is 5.73 Å². The van der Waals surface area contributed by atoms with Gasteiger partial charge in [-0.3, -0.25) is 9.59 Å². The summed E-state index contributed by atoms with van der Waals surface area (Å²) in [4.78, 5) is 20.0. The van der Waals surface area contributed by atoms with Gasteiger partial charge >= 0.3 is 5.97 Å². The topological polar surface area (TPSA) is 80.4 Å². The predicted molar refractivity (Wildman–Crippen MR) is 73.2 cm³/mol. The molecule has 0 aromatic rings. The molecule has 0 rings (SSSR count). The van der Waals surface area contributed by atoms with E-state index in [0.717, 1.165) is 43.9 Å². The number of unbranched alkanes of at least 4 members (excludes halogenated alkanes) is 4. The SMILES string of the molecule is CCCCCC(=O)O.NC(=O)CCCCCBr. The van der Waals surface area contributed by atoms with Crippen molar-refractivity contribution in [2.45, 2.75) is 58.3 Å². The first kappa shape index (κ1) is 18.8. The predicted octanol–water partition coefficient (Wildman–Crippen LogP) is 3.08. The fourth-order valence-corrected chi connectivity index (χ4v) is 1.49. The molecule has 0 aromatic carbocycles. The number of nitrogens with two attached hydrogens (primary N) is 1. The lowest BCUT2D eigenvalue weighted by molar-refractivity contribution is -0.137. The number of rotatable bonds is 9. The van der Waals surface area contributed by atoms with Crippen LogP contribution in [0.25, 0.3) is 0 Å². The van der Waals surface area contributed by atoms with Crippen molar-refractivity contribution in [1.82, 2.24) is 0 Å². The van der Waals surface area contributed by atoms with E-state index in [2.05, 4.69) is 22.9 Å². The summed E-state index contributed by atoms with van der Waals surface area (Å²) in [6.07, 6.45) is 6.97. The molecule has 0 radical (unpaired) electrons. The third-order valence-electron chi connectivity index (χ3n) is 2.05. The molecule has 0 unspecified atom stereocenters. The van der Waals surface area contributed by atoms with Crippen LogP contribution >= 0.6 is 15.9 Å². The first-order valence-electron chi connectivity index (χ1n) is 6.10. The van der Waals surface area contributed by atoms with Crippen molar-refractivity contribution in [2.24, 2.45) is 5.73 Å². The fraction of sp³-hybridized carbons (Fsp3) is 0.833. The number of primary amides is 1. The smallest absolute Gasteiger partial charge is 0.303 e. The minimum Gasteiger partial charge on any atom is -0.481 e. The van der Waals surface area contributed by atoms with Gasteiger partial charge < -0.3 is 10.8 Å². The van der Waals surface area contributed by atoms with E-state index in [-0.39, 0.29) is 5.91 Å². The summed E-state index contributed by atoms with van der Waals surface area (Å²) in [6.45, 7) is 2.06. The normalized spacial score (nSPS) is 9.29. The molecule has 3 N–H and O–H groups in total. The van der Waals surface area contributed by atoms with E-state index >= 15 is 0 Å². The Bertz CT molecular complexity index is 198. The van der Waals surface area contributed by atoms with Crippen LogP contribution in [-0.2, 0) is 9.59 Å². The van der Waals surface area contributed by atoms with Gasteiger partial charge in [0.25, 0.3) is 0 Å². The molecule has 0 aliphatic heterocycles. The summed E-state index contributed by atoms with van der Waals surface area (Å²) >= 11 is 3.30. The maximum Gasteiger partial charge on any atom is 0.303 e. The molecule has 4 nitrogen and oxygen atoms in total. The van der Waals surface area contributed by atoms with Crippen LogP contribution in [0.5, 0.6) is 0 Å². The third kappa shape index (κ3) is 25.6. The van der Waals surface area contributed by atoms with Gasteiger partial charge in [0.05, 0.1) is 0 Å². The number of hydrogen-bond donors (Lipinski definition) is 2. The highest BCUT2D eigenvalue weighted by molar-refractivity contribution is 9.09. The lowest BCUT2D eigenvalue weighted by atomic mass is 10.2. The lowest BCUT2D eigenvalue weighted by Gasteiger charge is -1.93. The molecular formula is C12H24BrNO3. The van der Waals surface area contributed by atoms with E-state index in [4.69, 9.17) is 10.8 Å². The molecule has 102 valence electrons. The molecule has 0 aliphatic carbocycles. The first-order chi connectivity index (χ1) is 8.04. The van der Waals surface area contributed by atoms with E-state index in [9.17, 15) is 9.59 Å². The zero-order valence-corrected chi connectivity index (χ0v) is 12.2. The Balaban J connectivity index is 0. The maximum atomic E-state index is 10.2. The van der Waals surface area contributed by atoms with Crippen LogP contribution in [-0.4, -0.2) is 22.3 Å². The molecule has 0 spiro atoms. The summed E-state index contributed by atoms with van der Waals surface area (Å²) < 4.78 is 0. The van der Waals surface area contributed by atoms with Gasteiger partial charge in [0, 0.05) is 18.2 Å². The number of hydrogen-bond acceptors (Lipinski definition) is 2. The van der Waals surface area contributed by atoms with Crippen molar-refractivity contribution in [1.29, 1.82) is 0 Å². The number of carbonyl (C=O) groups is 2. The van der Waals surface area contributed by atoms with E-state index < -0.39 is 5.97 Å². The van der Waals surface area contributed by atoms with Gasteiger partial charge in [-0.1, -0.05) is 42.1 Å². The molecule has 0 aromatic heterocycles. The van der Waals surface area contributed by atoms with Crippen LogP contribution in [0.1, 0.15) is 58.3 Å². The largest absolute Gasteiger partial charge is 0.481 e. The summed E-state index contributed by atoms with van der Waals surface area (Å²) in [7, 11) is 0. The molecular weight excluding hydrogens is 286 g/mol. The van der Waals surface area contributed by atoms with Crippen LogP contribution in [0.4, 0.5) is 0 Å². The van der Waals surface area contributed by atoms with E-state index in [1.54, 1.807) is 0 Å². The number of halogens is 1. The van der Waals surface area contributed by atoms with Gasteiger partial charge in [-0.2, -0.15) is 0 Å². The molecule has 0 heterocycles. The minimum absolute atomic E-state index is 0.190. The van der Waals surface area contributed by atoms with Gasteiger partial charge in [-0.25, -0.2) is 0 Å². The minimum atomic E-state index is -0.682. The van der Waals surface area contributed by atoms with Gasteiger partial charge in [-0.05, 0) is 19.3 Å². The molecule has 0 saturated heterocycles. The van der Waals surface area contributed by atoms with Gasteiger partial charge in [-0.15, -0.1) is 0 Å². The maximum absolute atomic E-state index is 10.2. The van der Waals surface area contributed by atoms with E-state index in [1.165, 1.54) is 0 Å². The van der Waals surface area contributed by atoms with Crippen LogP contribution in [0, 0.1) is 0 Å². The summed E-state index contributed by atoms with van der Waals surface area (Å²) in [5.74, 6) is -0.872. The lowest BCUT2D eigenvalue weighted by Crippen LogP contribution is -2.09. The Labute approximate surface area is 112 Å². The molecule has 1 amide bonds. The van der Waals surface area contributed by atoms with Crippen molar-refractivity contribution in [2.75, 3.05) is 5.33 Å². The van der Waals surface area contributed by atoms with Gasteiger partial charge in [0.2, 0.25) is 5.91 Å². The van der Waals surface area contributed by atoms with Gasteiger partial charge in [0.1, 0.15) is 0 Å². The molecule has 0 atom stereocenters. The summed E-state index contributed by atoms with van der Waals surface area (Å²) in [6, 6.07) is 0. The standard InChI is InChI=1S/C6H12BrNO.C6H12O2/c7-5-3-1-2-4-6(8)9;1-2-3-4-5-6(7)8/h1-5H2,(H2,8,9);2-5H2,1H3,(H,7,8). The monoisotopic (exact) mass is 309 g/mol. The molecule has 0 fully saturated rings. The number of carbonyl (C=O) groups excluding carboxylic acids is 1. The second kappa shape index (κ2) is 15.4. The highest BCUT2D eigenvalue weighted by Crippen LogP contribution is 2.00. The van der Waals surface area contributed by atoms with Gasteiger partial charge in [0.15, 0.2) is 0 Å². The number of carboxylic acid groups (broad SMARTS) is 1. The van der Waals surface area contributed by atoms with Crippen molar-refractivity contribution in [3.63, 3.8) is 0 Å². The van der Waals surface area contributed by atoms with E-state index in [0.29, 0.717) is 12.8 Å². The average Bonchev–Trinajstić information content (AvgIpc) is 2.25. The molecule has 0 saturated carbocycles. The third-order valence-corrected chi connectivity index (χ3v) is 2.61. The average molecular weight is 310 g/mol. The second-order valence-corrected chi connectivity index (χ2v) is 4.61.